The van der Waals surface area contributed by atoms with Gasteiger partial charge in [-0.05, 0) is 31.5 Å². The first kappa shape index (κ1) is 21.4. The number of hydrogen-bond donors (Lipinski definition) is 0. The topological polar surface area (TPSA) is 143 Å². The summed E-state index contributed by atoms with van der Waals surface area (Å²) in [7, 11) is 0. The number of pyridine rings is 2. The first-order valence-corrected chi connectivity index (χ1v) is 11.2. The number of cyclic esters (lactones) is 1. The summed E-state index contributed by atoms with van der Waals surface area (Å²) >= 11 is 0. The summed E-state index contributed by atoms with van der Waals surface area (Å²) in [6, 6.07) is 7.93. The van der Waals surface area contributed by atoms with Crippen LogP contribution in [0.5, 0.6) is 0 Å². The minimum Gasteiger partial charge on any atom is -0.457 e. The molecule has 1 fully saturated rings. The second-order valence-corrected chi connectivity index (χ2v) is 8.85. The van der Waals surface area contributed by atoms with E-state index in [-0.39, 0.29) is 42.5 Å². The maximum absolute atomic E-state index is 13.5. The van der Waals surface area contributed by atoms with E-state index in [4.69, 9.17) is 14.2 Å². The molecule has 0 amide bonds. The van der Waals surface area contributed by atoms with Crippen molar-refractivity contribution in [3.8, 4) is 11.4 Å². The lowest BCUT2D eigenvalue weighted by molar-refractivity contribution is -0.383. The van der Waals surface area contributed by atoms with E-state index in [1.807, 2.05) is 0 Å². The normalized spacial score (nSPS) is 23.8. The largest absolute Gasteiger partial charge is 0.457 e. The highest BCUT2D eigenvalue weighted by Gasteiger charge is 2.54. The number of carbonyl (C=O) groups is 2. The molecule has 3 aromatic rings. The van der Waals surface area contributed by atoms with Crippen LogP contribution in [0.2, 0.25) is 0 Å². The van der Waals surface area contributed by atoms with Gasteiger partial charge in [-0.3, -0.25) is 14.9 Å². The van der Waals surface area contributed by atoms with E-state index in [2.05, 4.69) is 4.98 Å². The van der Waals surface area contributed by atoms with Crippen LogP contribution in [0, 0.1) is 10.1 Å². The molecule has 0 radical (unpaired) electrons. The van der Waals surface area contributed by atoms with E-state index in [9.17, 15) is 24.5 Å². The molecule has 1 saturated heterocycles. The Labute approximate surface area is 197 Å². The fourth-order valence-electron chi connectivity index (χ4n) is 4.97. The Morgan fingerprint density at radius 2 is 2.11 bits per heavy atom. The Bertz CT molecular complexity index is 1540. The number of rotatable bonds is 4. The number of benzene rings is 1. The van der Waals surface area contributed by atoms with Crippen molar-refractivity contribution in [1.82, 2.24) is 9.55 Å². The van der Waals surface area contributed by atoms with Crippen LogP contribution in [0.3, 0.4) is 0 Å². The average molecular weight is 477 g/mol. The molecule has 3 atom stereocenters. The number of esters is 2. The third-order valence-electron chi connectivity index (χ3n) is 6.91. The molecule has 2 unspecified atom stereocenters. The third kappa shape index (κ3) is 2.94. The summed E-state index contributed by atoms with van der Waals surface area (Å²) in [5.74, 6) is -1.44. The molecule has 11 heteroatoms. The van der Waals surface area contributed by atoms with Gasteiger partial charge in [0.15, 0.2) is 6.10 Å². The maximum atomic E-state index is 13.5. The summed E-state index contributed by atoms with van der Waals surface area (Å²) in [5, 5.41) is 11.9. The highest BCUT2D eigenvalue weighted by molar-refractivity contribution is 5.92. The molecule has 35 heavy (non-hydrogen) atoms. The molecule has 0 saturated carbocycles. The molecule has 2 aromatic heterocycles. The standard InChI is InChI=1S/C24H19N3O8/c1-3-24(35-22(29)20-11(2)34-20)15-8-18-19-12(9-26(18)21(28)14(15)10-33-23(24)30)7-13-16(25-19)5-4-6-17(13)27(31)32/h4-8,11,20H,3,9-10H2,1-2H3/t11?,20?,24-/m0/s1. The van der Waals surface area contributed by atoms with Crippen LogP contribution in [0.15, 0.2) is 35.1 Å². The Balaban J connectivity index is 1.54. The van der Waals surface area contributed by atoms with Gasteiger partial charge in [0.1, 0.15) is 6.61 Å². The zero-order chi connectivity index (χ0) is 24.6. The summed E-state index contributed by atoms with van der Waals surface area (Å²) in [6.45, 7) is 3.30. The molecular formula is C24H19N3O8. The zero-order valence-electron chi connectivity index (χ0n) is 18.8. The van der Waals surface area contributed by atoms with Crippen LogP contribution < -0.4 is 5.56 Å². The van der Waals surface area contributed by atoms with Crippen molar-refractivity contribution < 1.29 is 28.7 Å². The van der Waals surface area contributed by atoms with Crippen molar-refractivity contribution in [2.75, 3.05) is 0 Å². The first-order chi connectivity index (χ1) is 16.7. The Kier molecular flexibility index (Phi) is 4.40. The van der Waals surface area contributed by atoms with Crippen LogP contribution in [0.1, 0.15) is 37.0 Å². The van der Waals surface area contributed by atoms with Crippen LogP contribution in [0.25, 0.3) is 22.3 Å². The summed E-state index contributed by atoms with van der Waals surface area (Å²) in [5.41, 5.74) is 0.188. The molecule has 0 aliphatic carbocycles. The molecule has 0 bridgehead atoms. The van der Waals surface area contributed by atoms with E-state index in [0.717, 1.165) is 0 Å². The molecular weight excluding hydrogens is 458 g/mol. The van der Waals surface area contributed by atoms with E-state index in [0.29, 0.717) is 27.9 Å². The van der Waals surface area contributed by atoms with Gasteiger partial charge >= 0.3 is 11.9 Å². The third-order valence-corrected chi connectivity index (χ3v) is 6.91. The van der Waals surface area contributed by atoms with E-state index in [1.54, 1.807) is 38.1 Å². The van der Waals surface area contributed by atoms with Gasteiger partial charge in [0.05, 0.1) is 45.4 Å². The Hall–Kier alpha value is -4.12. The number of nitro groups is 1. The van der Waals surface area contributed by atoms with Gasteiger partial charge in [-0.15, -0.1) is 0 Å². The van der Waals surface area contributed by atoms with Gasteiger partial charge in [0, 0.05) is 17.2 Å². The van der Waals surface area contributed by atoms with Gasteiger partial charge in [-0.25, -0.2) is 14.6 Å². The number of ether oxygens (including phenoxy) is 3. The SMILES string of the molecule is CC[C@@]1(OC(=O)C2OC2C)C(=O)OCc2c1cc1n(c2=O)Cc2cc3c([N+](=O)[O-])cccc3nc2-1. The molecule has 3 aliphatic rings. The highest BCUT2D eigenvalue weighted by Crippen LogP contribution is 2.42. The lowest BCUT2D eigenvalue weighted by Crippen LogP contribution is -2.48. The fraction of sp³-hybridized carbons (Fsp3) is 0.333. The number of nitro benzene ring substituents is 1. The van der Waals surface area contributed by atoms with E-state index in [1.165, 1.54) is 10.6 Å². The van der Waals surface area contributed by atoms with Crippen LogP contribution in [-0.2, 0) is 42.6 Å². The highest BCUT2D eigenvalue weighted by atomic mass is 16.7. The predicted molar refractivity (Wildman–Crippen MR) is 119 cm³/mol. The van der Waals surface area contributed by atoms with E-state index >= 15 is 0 Å². The Morgan fingerprint density at radius 1 is 1.34 bits per heavy atom. The summed E-state index contributed by atoms with van der Waals surface area (Å²) in [4.78, 5) is 54.8. The van der Waals surface area contributed by atoms with Crippen LogP contribution >= 0.6 is 0 Å². The zero-order valence-corrected chi connectivity index (χ0v) is 18.8. The van der Waals surface area contributed by atoms with Crippen molar-refractivity contribution in [2.24, 2.45) is 0 Å². The minimum absolute atomic E-state index is 0.0543. The molecule has 0 N–H and O–H groups in total. The Morgan fingerprint density at radius 3 is 2.80 bits per heavy atom. The van der Waals surface area contributed by atoms with Gasteiger partial charge in [0.2, 0.25) is 5.60 Å². The van der Waals surface area contributed by atoms with Gasteiger partial charge < -0.3 is 18.8 Å². The number of epoxide rings is 1. The minimum atomic E-state index is -1.79. The van der Waals surface area contributed by atoms with Crippen molar-refractivity contribution in [2.45, 2.75) is 51.2 Å². The maximum Gasteiger partial charge on any atom is 0.355 e. The number of nitrogens with zero attached hydrogens (tertiary/aromatic N) is 3. The first-order valence-electron chi connectivity index (χ1n) is 11.2. The summed E-state index contributed by atoms with van der Waals surface area (Å²) < 4.78 is 17.7. The molecule has 6 rings (SSSR count). The molecule has 178 valence electrons. The van der Waals surface area contributed by atoms with Crippen LogP contribution in [0.4, 0.5) is 5.69 Å². The summed E-state index contributed by atoms with van der Waals surface area (Å²) in [6.07, 6.45) is -1.02. The average Bonchev–Trinajstić information content (AvgIpc) is 3.47. The lowest BCUT2D eigenvalue weighted by atomic mass is 9.85. The fourth-order valence-corrected chi connectivity index (χ4v) is 4.97. The van der Waals surface area contributed by atoms with Crippen molar-refractivity contribution in [3.05, 3.63) is 67.5 Å². The van der Waals surface area contributed by atoms with Gasteiger partial charge in [-0.2, -0.15) is 0 Å². The van der Waals surface area contributed by atoms with Crippen LogP contribution in [-0.4, -0.2) is 38.6 Å². The molecule has 0 spiro atoms. The number of fused-ring (bicyclic) bond motifs is 5. The second-order valence-electron chi connectivity index (χ2n) is 8.85. The predicted octanol–water partition coefficient (Wildman–Crippen LogP) is 2.33. The smallest absolute Gasteiger partial charge is 0.355 e. The lowest BCUT2D eigenvalue weighted by Gasteiger charge is -2.35. The number of carbonyl (C=O) groups excluding carboxylic acids is 2. The van der Waals surface area contributed by atoms with Gasteiger partial charge in [0.25, 0.3) is 11.2 Å². The molecule has 11 nitrogen and oxygen atoms in total. The number of hydrogen-bond acceptors (Lipinski definition) is 9. The number of aromatic nitrogens is 2. The monoisotopic (exact) mass is 477 g/mol. The van der Waals surface area contributed by atoms with Crippen molar-refractivity contribution in [1.29, 1.82) is 0 Å². The molecule has 1 aromatic carbocycles. The second kappa shape index (κ2) is 7.19. The molecule has 3 aliphatic heterocycles. The van der Waals surface area contributed by atoms with Crippen molar-refractivity contribution >= 4 is 28.5 Å². The molecule has 5 heterocycles. The van der Waals surface area contributed by atoms with Gasteiger partial charge in [-0.1, -0.05) is 13.0 Å². The quantitative estimate of drug-likeness (QED) is 0.187. The number of non-ortho nitro benzene ring substituents is 1. The van der Waals surface area contributed by atoms with E-state index < -0.39 is 34.1 Å². The van der Waals surface area contributed by atoms with Crippen molar-refractivity contribution in [3.63, 3.8) is 0 Å².